The van der Waals surface area contributed by atoms with Gasteiger partial charge in [-0.15, -0.1) is 0 Å². The van der Waals surface area contributed by atoms with Crippen molar-refractivity contribution in [2.24, 2.45) is 0 Å². The van der Waals surface area contributed by atoms with E-state index in [0.29, 0.717) is 17.5 Å². The molecule has 6 aromatic carbocycles. The lowest BCUT2D eigenvalue weighted by atomic mass is 9.92. The van der Waals surface area contributed by atoms with E-state index in [1.165, 1.54) is 16.5 Å². The van der Waals surface area contributed by atoms with Gasteiger partial charge in [-0.05, 0) is 57.6 Å². The van der Waals surface area contributed by atoms with Crippen molar-refractivity contribution >= 4 is 27.3 Å². The molecule has 9 rings (SSSR count). The van der Waals surface area contributed by atoms with Crippen LogP contribution in [0.2, 0.25) is 0 Å². The first-order valence-electron chi connectivity index (χ1n) is 16.0. The largest absolute Gasteiger partial charge is 0.460 e. The van der Waals surface area contributed by atoms with Crippen LogP contribution in [0.15, 0.2) is 156 Å². The van der Waals surface area contributed by atoms with Gasteiger partial charge in [-0.2, -0.15) is 0 Å². The maximum atomic E-state index is 6.45. The van der Waals surface area contributed by atoms with Crippen molar-refractivity contribution in [3.05, 3.63) is 169 Å². The second-order valence-corrected chi connectivity index (χ2v) is 11.9. The van der Waals surface area contributed by atoms with E-state index < -0.39 is 0 Å². The van der Waals surface area contributed by atoms with E-state index in [-0.39, 0.29) is 0 Å². The van der Waals surface area contributed by atoms with Crippen LogP contribution in [0, 0.1) is 0 Å². The summed E-state index contributed by atoms with van der Waals surface area (Å²) in [7, 11) is 0. The smallest absolute Gasteiger partial charge is 0.164 e. The van der Waals surface area contributed by atoms with Crippen molar-refractivity contribution < 1.29 is 4.42 Å². The second-order valence-electron chi connectivity index (χ2n) is 11.9. The summed E-state index contributed by atoms with van der Waals surface area (Å²) in [5.41, 5.74) is 9.48. The Labute approximate surface area is 272 Å². The van der Waals surface area contributed by atoms with Gasteiger partial charge in [0.1, 0.15) is 11.3 Å². The maximum Gasteiger partial charge on any atom is 0.164 e. The fraction of sp³-hybridized carbons (Fsp3) is 0.0465. The minimum absolute atomic E-state index is 0.642. The molecule has 47 heavy (non-hydrogen) atoms. The van der Waals surface area contributed by atoms with Crippen molar-refractivity contribution in [2.75, 3.05) is 0 Å². The van der Waals surface area contributed by atoms with Gasteiger partial charge in [-0.1, -0.05) is 133 Å². The van der Waals surface area contributed by atoms with Crippen molar-refractivity contribution in [1.29, 1.82) is 0 Å². The van der Waals surface area contributed by atoms with Crippen LogP contribution in [0.4, 0.5) is 0 Å². The molecule has 8 aromatic rings. The van der Waals surface area contributed by atoms with Gasteiger partial charge < -0.3 is 4.42 Å². The zero-order valence-corrected chi connectivity index (χ0v) is 25.6. The molecule has 0 radical (unpaired) electrons. The Kier molecular flexibility index (Phi) is 6.57. The Morgan fingerprint density at radius 2 is 1.02 bits per heavy atom. The van der Waals surface area contributed by atoms with Gasteiger partial charge in [0, 0.05) is 34.1 Å². The number of furan rings is 1. The molecule has 0 aliphatic heterocycles. The van der Waals surface area contributed by atoms with Crippen LogP contribution in [0.25, 0.3) is 72.3 Å². The van der Waals surface area contributed by atoms with Crippen LogP contribution < -0.4 is 0 Å². The van der Waals surface area contributed by atoms with E-state index in [1.54, 1.807) is 0 Å². The first kappa shape index (κ1) is 27.2. The second kappa shape index (κ2) is 11.3. The number of aromatic nitrogens is 3. The SMILES string of the molecule is C1=C(c2nc(-c3ccc(-c4ccccc4)cc3)nc(-c3ccc4ccccc4c3)n2)c2c(oc3ccc(-c4ccccc4)cc23)CC1. The van der Waals surface area contributed by atoms with Crippen LogP contribution in [-0.2, 0) is 6.42 Å². The van der Waals surface area contributed by atoms with Crippen LogP contribution >= 0.6 is 0 Å². The predicted molar refractivity (Wildman–Crippen MR) is 191 cm³/mol. The summed E-state index contributed by atoms with van der Waals surface area (Å²) in [5, 5.41) is 3.41. The Hall–Kier alpha value is -6.13. The lowest BCUT2D eigenvalue weighted by molar-refractivity contribution is 0.545. The van der Waals surface area contributed by atoms with E-state index in [9.17, 15) is 0 Å². The Morgan fingerprint density at radius 3 is 1.79 bits per heavy atom. The summed E-state index contributed by atoms with van der Waals surface area (Å²) in [5.74, 6) is 2.92. The van der Waals surface area contributed by atoms with Gasteiger partial charge >= 0.3 is 0 Å². The average Bonchev–Trinajstić information content (AvgIpc) is 3.53. The molecule has 2 heterocycles. The van der Waals surface area contributed by atoms with Crippen molar-refractivity contribution in [3.63, 3.8) is 0 Å². The fourth-order valence-corrected chi connectivity index (χ4v) is 6.61. The minimum Gasteiger partial charge on any atom is -0.460 e. The Bertz CT molecular complexity index is 2440. The normalized spacial score (nSPS) is 12.6. The van der Waals surface area contributed by atoms with Crippen molar-refractivity contribution in [2.45, 2.75) is 12.8 Å². The fourth-order valence-electron chi connectivity index (χ4n) is 6.61. The van der Waals surface area contributed by atoms with Gasteiger partial charge in [-0.25, -0.2) is 15.0 Å². The molecule has 1 aliphatic carbocycles. The van der Waals surface area contributed by atoms with Crippen LogP contribution in [-0.4, -0.2) is 15.0 Å². The van der Waals surface area contributed by atoms with Crippen LogP contribution in [0.3, 0.4) is 0 Å². The average molecular weight is 604 g/mol. The summed E-state index contributed by atoms with van der Waals surface area (Å²) < 4.78 is 6.45. The monoisotopic (exact) mass is 603 g/mol. The third-order valence-corrected chi connectivity index (χ3v) is 8.99. The van der Waals surface area contributed by atoms with Gasteiger partial charge in [-0.3, -0.25) is 0 Å². The predicted octanol–water partition coefficient (Wildman–Crippen LogP) is 10.8. The standard InChI is InChI=1S/C43H29N3O/c1-3-10-28(11-4-1)31-18-21-32(22-19-31)41-44-42(35-23-20-30-14-7-8-15-33(30)26-35)46-43(45-41)36-16-9-17-39-40(36)37-27-34(24-25-38(37)47-39)29-12-5-2-6-13-29/h1-8,10-16,18-27H,9,17H2. The Balaban J connectivity index is 1.21. The number of benzene rings is 6. The van der Waals surface area contributed by atoms with E-state index in [0.717, 1.165) is 68.3 Å². The lowest BCUT2D eigenvalue weighted by Crippen LogP contribution is -2.06. The molecule has 0 saturated heterocycles. The quantitative estimate of drug-likeness (QED) is 0.196. The minimum atomic E-state index is 0.642. The molecule has 2 aromatic heterocycles. The van der Waals surface area contributed by atoms with Crippen LogP contribution in [0.1, 0.15) is 23.6 Å². The van der Waals surface area contributed by atoms with Crippen LogP contribution in [0.5, 0.6) is 0 Å². The molecule has 0 spiro atoms. The number of rotatable bonds is 5. The van der Waals surface area contributed by atoms with E-state index >= 15 is 0 Å². The molecule has 0 saturated carbocycles. The molecule has 0 fully saturated rings. The molecular weight excluding hydrogens is 574 g/mol. The third kappa shape index (κ3) is 5.01. The number of hydrogen-bond acceptors (Lipinski definition) is 4. The van der Waals surface area contributed by atoms with Gasteiger partial charge in [0.15, 0.2) is 17.5 Å². The molecule has 0 amide bonds. The summed E-state index contributed by atoms with van der Waals surface area (Å²) in [4.78, 5) is 15.4. The first-order chi connectivity index (χ1) is 23.3. The molecule has 4 heteroatoms. The third-order valence-electron chi connectivity index (χ3n) is 8.99. The summed E-state index contributed by atoms with van der Waals surface area (Å²) in [6.45, 7) is 0. The molecule has 0 atom stereocenters. The van der Waals surface area contributed by atoms with Crippen molar-refractivity contribution in [3.8, 4) is 45.0 Å². The summed E-state index contributed by atoms with van der Waals surface area (Å²) in [6, 6.07) is 50.6. The molecule has 0 bridgehead atoms. The van der Waals surface area contributed by atoms with E-state index in [1.807, 2.05) is 12.1 Å². The molecule has 1 aliphatic rings. The van der Waals surface area contributed by atoms with Gasteiger partial charge in [0.2, 0.25) is 0 Å². The number of allylic oxidation sites excluding steroid dienone is 1. The highest BCUT2D eigenvalue weighted by molar-refractivity contribution is 5.99. The summed E-state index contributed by atoms with van der Waals surface area (Å²) in [6.07, 6.45) is 3.95. The number of aryl methyl sites for hydroxylation is 1. The first-order valence-corrected chi connectivity index (χ1v) is 16.0. The van der Waals surface area contributed by atoms with Gasteiger partial charge in [0.05, 0.1) is 0 Å². The number of hydrogen-bond donors (Lipinski definition) is 0. The zero-order chi connectivity index (χ0) is 31.2. The van der Waals surface area contributed by atoms with Crippen molar-refractivity contribution in [1.82, 2.24) is 15.0 Å². The topological polar surface area (TPSA) is 51.8 Å². The van der Waals surface area contributed by atoms with E-state index in [2.05, 4.69) is 140 Å². The lowest BCUT2D eigenvalue weighted by Gasteiger charge is -2.15. The Morgan fingerprint density at radius 1 is 0.447 bits per heavy atom. The molecule has 4 nitrogen and oxygen atoms in total. The molecular formula is C43H29N3O. The number of fused-ring (bicyclic) bond motifs is 4. The summed E-state index contributed by atoms with van der Waals surface area (Å²) >= 11 is 0. The van der Waals surface area contributed by atoms with E-state index in [4.69, 9.17) is 19.4 Å². The molecule has 222 valence electrons. The molecule has 0 N–H and O–H groups in total. The highest BCUT2D eigenvalue weighted by atomic mass is 16.3. The maximum absolute atomic E-state index is 6.45. The number of nitrogens with zero attached hydrogens (tertiary/aromatic N) is 3. The zero-order valence-electron chi connectivity index (χ0n) is 25.6. The molecule has 0 unspecified atom stereocenters. The highest BCUT2D eigenvalue weighted by Gasteiger charge is 2.25. The highest BCUT2D eigenvalue weighted by Crippen LogP contribution is 2.40. The van der Waals surface area contributed by atoms with Gasteiger partial charge in [0.25, 0.3) is 0 Å².